The number of rotatable bonds is 8. The van der Waals surface area contributed by atoms with Crippen molar-refractivity contribution in [2.24, 2.45) is 0 Å². The Hall–Kier alpha value is -2.87. The van der Waals surface area contributed by atoms with E-state index in [0.717, 1.165) is 27.5 Å². The summed E-state index contributed by atoms with van der Waals surface area (Å²) in [6.07, 6.45) is 2.80. The summed E-state index contributed by atoms with van der Waals surface area (Å²) in [5.41, 5.74) is 5.14. The van der Waals surface area contributed by atoms with Crippen molar-refractivity contribution in [2.75, 3.05) is 20.0 Å². The van der Waals surface area contributed by atoms with Crippen molar-refractivity contribution >= 4 is 22.8 Å². The van der Waals surface area contributed by atoms with E-state index in [1.165, 1.54) is 17.3 Å². The predicted molar refractivity (Wildman–Crippen MR) is 133 cm³/mol. The topological polar surface area (TPSA) is 80.4 Å². The van der Waals surface area contributed by atoms with Gasteiger partial charge in [-0.2, -0.15) is 0 Å². The molecule has 0 aliphatic heterocycles. The van der Waals surface area contributed by atoms with Crippen LogP contribution in [0.2, 0.25) is 0 Å². The molecule has 0 aliphatic carbocycles. The fourth-order valence-electron chi connectivity index (χ4n) is 4.08. The molecule has 7 heteroatoms. The number of nitrogens with zero attached hydrogens (tertiary/aromatic N) is 3. The van der Waals surface area contributed by atoms with Crippen LogP contribution in [-0.2, 0) is 6.54 Å². The first-order chi connectivity index (χ1) is 16.0. The SMILES string of the molecule is COc1cc(C(O)c2cccnc2SC)cc2nc(-c3ccc(C(C)C)cc3)n(CCO)c12. The number of thioether (sulfide) groups is 1. The van der Waals surface area contributed by atoms with Gasteiger partial charge in [0.2, 0.25) is 0 Å². The lowest BCUT2D eigenvalue weighted by atomic mass is 10.0. The first kappa shape index (κ1) is 23.3. The highest BCUT2D eigenvalue weighted by Crippen LogP contribution is 2.37. The molecule has 1 atom stereocenters. The molecule has 4 aromatic rings. The number of imidazole rings is 1. The van der Waals surface area contributed by atoms with Crippen molar-refractivity contribution in [1.82, 2.24) is 14.5 Å². The molecular formula is C26H29N3O3S. The van der Waals surface area contributed by atoms with Crippen molar-refractivity contribution in [3.8, 4) is 17.1 Å². The van der Waals surface area contributed by atoms with Gasteiger partial charge in [0.05, 0.1) is 19.2 Å². The van der Waals surface area contributed by atoms with Gasteiger partial charge in [-0.3, -0.25) is 0 Å². The minimum Gasteiger partial charge on any atom is -0.494 e. The van der Waals surface area contributed by atoms with E-state index in [-0.39, 0.29) is 6.61 Å². The van der Waals surface area contributed by atoms with Crippen LogP contribution in [0.4, 0.5) is 0 Å². The molecule has 0 spiro atoms. The van der Waals surface area contributed by atoms with Gasteiger partial charge in [-0.1, -0.05) is 44.2 Å². The van der Waals surface area contributed by atoms with Gasteiger partial charge in [-0.05, 0) is 41.5 Å². The Kier molecular flexibility index (Phi) is 7.02. The van der Waals surface area contributed by atoms with E-state index < -0.39 is 6.10 Å². The maximum atomic E-state index is 11.2. The summed E-state index contributed by atoms with van der Waals surface area (Å²) < 4.78 is 7.70. The molecule has 0 saturated carbocycles. The van der Waals surface area contributed by atoms with Crippen molar-refractivity contribution in [3.05, 3.63) is 71.4 Å². The van der Waals surface area contributed by atoms with E-state index >= 15 is 0 Å². The fourth-order valence-corrected chi connectivity index (χ4v) is 4.66. The molecule has 6 nitrogen and oxygen atoms in total. The summed E-state index contributed by atoms with van der Waals surface area (Å²) in [7, 11) is 1.61. The lowest BCUT2D eigenvalue weighted by Crippen LogP contribution is -2.06. The van der Waals surface area contributed by atoms with Gasteiger partial charge >= 0.3 is 0 Å². The first-order valence-electron chi connectivity index (χ1n) is 10.9. The number of ether oxygens (including phenoxy) is 1. The van der Waals surface area contributed by atoms with Gasteiger partial charge in [0.25, 0.3) is 0 Å². The second-order valence-electron chi connectivity index (χ2n) is 8.18. The number of aromatic nitrogens is 3. The molecule has 33 heavy (non-hydrogen) atoms. The van der Waals surface area contributed by atoms with Crippen LogP contribution >= 0.6 is 11.8 Å². The van der Waals surface area contributed by atoms with Crippen LogP contribution in [0.5, 0.6) is 5.75 Å². The third-order valence-electron chi connectivity index (χ3n) is 5.81. The van der Waals surface area contributed by atoms with E-state index in [2.05, 4.69) is 43.1 Å². The highest BCUT2D eigenvalue weighted by molar-refractivity contribution is 7.98. The predicted octanol–water partition coefficient (Wildman–Crippen LogP) is 5.03. The molecule has 0 radical (unpaired) electrons. The van der Waals surface area contributed by atoms with E-state index in [4.69, 9.17) is 9.72 Å². The maximum Gasteiger partial charge on any atom is 0.145 e. The number of aliphatic hydroxyl groups excluding tert-OH is 2. The van der Waals surface area contributed by atoms with Crippen LogP contribution in [0.3, 0.4) is 0 Å². The van der Waals surface area contributed by atoms with E-state index in [1.54, 1.807) is 13.3 Å². The van der Waals surface area contributed by atoms with Crippen LogP contribution in [-0.4, -0.2) is 44.7 Å². The molecule has 2 heterocycles. The molecule has 1 unspecified atom stereocenters. The van der Waals surface area contributed by atoms with Gasteiger partial charge in [0, 0.05) is 23.9 Å². The standard InChI is InChI=1S/C26H29N3O3S/c1-16(2)17-7-9-18(10-8-17)25-28-21-14-19(15-22(32-3)23(21)29(25)12-13-30)24(31)20-6-5-11-27-26(20)33-4/h5-11,14-16,24,30-31H,12-13H2,1-4H3. The summed E-state index contributed by atoms with van der Waals surface area (Å²) in [6.45, 7) is 4.69. The van der Waals surface area contributed by atoms with Crippen LogP contribution in [0.15, 0.2) is 59.8 Å². The Balaban J connectivity index is 1.87. The minimum absolute atomic E-state index is 0.0250. The monoisotopic (exact) mass is 463 g/mol. The van der Waals surface area contributed by atoms with Gasteiger partial charge in [-0.15, -0.1) is 11.8 Å². The third kappa shape index (κ3) is 4.49. The summed E-state index contributed by atoms with van der Waals surface area (Å²) in [5, 5.41) is 21.7. The molecule has 0 saturated heterocycles. The lowest BCUT2D eigenvalue weighted by Gasteiger charge is -2.16. The van der Waals surface area contributed by atoms with E-state index in [0.29, 0.717) is 29.3 Å². The molecule has 2 aromatic carbocycles. The van der Waals surface area contributed by atoms with Crippen LogP contribution < -0.4 is 4.74 Å². The maximum absolute atomic E-state index is 11.2. The first-order valence-corrected chi connectivity index (χ1v) is 12.2. The number of pyridine rings is 1. The Labute approximate surface area is 198 Å². The molecule has 0 fully saturated rings. The zero-order valence-electron chi connectivity index (χ0n) is 19.3. The minimum atomic E-state index is -0.865. The molecule has 0 bridgehead atoms. The lowest BCUT2D eigenvalue weighted by molar-refractivity contribution is 0.216. The third-order valence-corrected chi connectivity index (χ3v) is 6.54. The molecule has 0 amide bonds. The Bertz CT molecular complexity index is 1250. The highest BCUT2D eigenvalue weighted by atomic mass is 32.2. The number of hydrogen-bond acceptors (Lipinski definition) is 6. The zero-order chi connectivity index (χ0) is 23.5. The summed E-state index contributed by atoms with van der Waals surface area (Å²) in [4.78, 5) is 9.28. The Morgan fingerprint density at radius 2 is 1.85 bits per heavy atom. The van der Waals surface area contributed by atoms with Gasteiger partial charge < -0.3 is 19.5 Å². The summed E-state index contributed by atoms with van der Waals surface area (Å²) >= 11 is 1.50. The van der Waals surface area contributed by atoms with Crippen molar-refractivity contribution in [1.29, 1.82) is 0 Å². The van der Waals surface area contributed by atoms with Crippen molar-refractivity contribution < 1.29 is 14.9 Å². The normalized spacial score (nSPS) is 12.5. The number of hydrogen-bond donors (Lipinski definition) is 2. The molecular weight excluding hydrogens is 434 g/mol. The van der Waals surface area contributed by atoms with Crippen LogP contribution in [0.1, 0.15) is 42.6 Å². The van der Waals surface area contributed by atoms with Gasteiger partial charge in [0.15, 0.2) is 0 Å². The zero-order valence-corrected chi connectivity index (χ0v) is 20.1. The van der Waals surface area contributed by atoms with E-state index in [1.807, 2.05) is 35.1 Å². The number of aliphatic hydroxyl groups is 2. The number of methoxy groups -OCH3 is 1. The quantitative estimate of drug-likeness (QED) is 0.357. The average Bonchev–Trinajstić information content (AvgIpc) is 3.21. The van der Waals surface area contributed by atoms with Gasteiger partial charge in [0.1, 0.15) is 28.2 Å². The Morgan fingerprint density at radius 3 is 2.48 bits per heavy atom. The molecule has 172 valence electrons. The average molecular weight is 464 g/mol. The second kappa shape index (κ2) is 9.95. The molecule has 2 N–H and O–H groups in total. The Morgan fingerprint density at radius 1 is 1.09 bits per heavy atom. The molecule has 4 rings (SSSR count). The van der Waals surface area contributed by atoms with Crippen LogP contribution in [0, 0.1) is 0 Å². The number of fused-ring (bicyclic) bond motifs is 1. The fraction of sp³-hybridized carbons (Fsp3) is 0.308. The number of benzene rings is 2. The van der Waals surface area contributed by atoms with Crippen molar-refractivity contribution in [2.45, 2.75) is 37.4 Å². The van der Waals surface area contributed by atoms with Gasteiger partial charge in [-0.25, -0.2) is 9.97 Å². The highest BCUT2D eigenvalue weighted by Gasteiger charge is 2.22. The molecule has 2 aromatic heterocycles. The molecule has 0 aliphatic rings. The summed E-state index contributed by atoms with van der Waals surface area (Å²) in [6, 6.07) is 15.8. The smallest absolute Gasteiger partial charge is 0.145 e. The second-order valence-corrected chi connectivity index (χ2v) is 8.98. The summed E-state index contributed by atoms with van der Waals surface area (Å²) in [5.74, 6) is 1.80. The largest absolute Gasteiger partial charge is 0.494 e. The van der Waals surface area contributed by atoms with Crippen LogP contribution in [0.25, 0.3) is 22.4 Å². The van der Waals surface area contributed by atoms with Crippen molar-refractivity contribution in [3.63, 3.8) is 0 Å². The van der Waals surface area contributed by atoms with E-state index in [9.17, 15) is 10.2 Å².